The van der Waals surface area contributed by atoms with E-state index < -0.39 is 0 Å². The van der Waals surface area contributed by atoms with Crippen LogP contribution in [0.5, 0.6) is 5.75 Å². The van der Waals surface area contributed by atoms with E-state index in [4.69, 9.17) is 4.74 Å². The maximum Gasteiger partial charge on any atom is 0.256 e. The van der Waals surface area contributed by atoms with Gasteiger partial charge in [0, 0.05) is 17.5 Å². The van der Waals surface area contributed by atoms with Gasteiger partial charge >= 0.3 is 0 Å². The van der Waals surface area contributed by atoms with E-state index in [1.165, 1.54) is 19.3 Å². The van der Waals surface area contributed by atoms with Crippen molar-refractivity contribution in [2.24, 2.45) is 0 Å². The van der Waals surface area contributed by atoms with Crippen LogP contribution in [0.1, 0.15) is 19.3 Å². The van der Waals surface area contributed by atoms with Gasteiger partial charge in [0.05, 0.1) is 11.1 Å². The smallest absolute Gasteiger partial charge is 0.256 e. The zero-order valence-electron chi connectivity index (χ0n) is 14.9. The van der Waals surface area contributed by atoms with Crippen LogP contribution >= 0.6 is 0 Å². The molecule has 4 nitrogen and oxygen atoms in total. The average molecular weight is 348 g/mol. The van der Waals surface area contributed by atoms with Crippen LogP contribution in [-0.2, 0) is 0 Å². The van der Waals surface area contributed by atoms with Crippen LogP contribution in [0.2, 0.25) is 0 Å². The summed E-state index contributed by atoms with van der Waals surface area (Å²) < 4.78 is 6.25. The average Bonchev–Trinajstić information content (AvgIpc) is 2.71. The maximum absolute atomic E-state index is 12.5. The van der Waals surface area contributed by atoms with Crippen molar-refractivity contribution in [3.8, 4) is 17.0 Å². The Hall–Kier alpha value is -2.59. The number of pyridine rings is 1. The fourth-order valence-corrected chi connectivity index (χ4v) is 3.67. The van der Waals surface area contributed by atoms with E-state index in [-0.39, 0.29) is 5.56 Å². The minimum atomic E-state index is -0.0807. The third-order valence-electron chi connectivity index (χ3n) is 5.05. The molecule has 0 saturated carbocycles. The summed E-state index contributed by atoms with van der Waals surface area (Å²) in [6.45, 7) is 3.85. The van der Waals surface area contributed by atoms with Crippen LogP contribution in [-0.4, -0.2) is 36.1 Å². The number of piperidine rings is 1. The number of nitrogens with zero attached hydrogens (tertiary/aromatic N) is 1. The number of hydrogen-bond donors (Lipinski definition) is 1. The fourth-order valence-electron chi connectivity index (χ4n) is 3.67. The molecule has 0 amide bonds. The van der Waals surface area contributed by atoms with Gasteiger partial charge in [-0.05, 0) is 32.0 Å². The summed E-state index contributed by atoms with van der Waals surface area (Å²) in [6, 6.07) is 17.6. The zero-order chi connectivity index (χ0) is 17.8. The van der Waals surface area contributed by atoms with E-state index >= 15 is 0 Å². The summed E-state index contributed by atoms with van der Waals surface area (Å²) in [6.07, 6.45) is 3.88. The van der Waals surface area contributed by atoms with Crippen LogP contribution in [0.25, 0.3) is 22.0 Å². The highest BCUT2D eigenvalue weighted by atomic mass is 16.5. The molecule has 1 aliphatic heterocycles. The first-order chi connectivity index (χ1) is 12.8. The molecule has 2 aromatic carbocycles. The molecule has 0 bridgehead atoms. The van der Waals surface area contributed by atoms with Crippen LogP contribution in [0.3, 0.4) is 0 Å². The summed E-state index contributed by atoms with van der Waals surface area (Å²) in [5.41, 5.74) is 1.64. The molecule has 0 spiro atoms. The molecule has 3 aromatic rings. The van der Waals surface area contributed by atoms with Crippen LogP contribution in [0, 0.1) is 0 Å². The molecule has 1 N–H and O–H groups in total. The highest BCUT2D eigenvalue weighted by molar-refractivity contribution is 5.92. The van der Waals surface area contributed by atoms with Gasteiger partial charge in [-0.2, -0.15) is 0 Å². The number of benzene rings is 2. The van der Waals surface area contributed by atoms with Crippen molar-refractivity contribution in [2.45, 2.75) is 19.3 Å². The van der Waals surface area contributed by atoms with Gasteiger partial charge in [0.25, 0.3) is 5.56 Å². The highest BCUT2D eigenvalue weighted by Gasteiger charge is 2.15. The first kappa shape index (κ1) is 16.9. The topological polar surface area (TPSA) is 45.3 Å². The van der Waals surface area contributed by atoms with E-state index in [9.17, 15) is 4.79 Å². The Kier molecular flexibility index (Phi) is 5.02. The van der Waals surface area contributed by atoms with Gasteiger partial charge in [0.1, 0.15) is 6.61 Å². The first-order valence-electron chi connectivity index (χ1n) is 9.38. The summed E-state index contributed by atoms with van der Waals surface area (Å²) in [5, 5.41) is 1.54. The number of aromatic nitrogens is 1. The van der Waals surface area contributed by atoms with Gasteiger partial charge in [-0.3, -0.25) is 9.69 Å². The van der Waals surface area contributed by atoms with Gasteiger partial charge in [0.15, 0.2) is 5.75 Å². The number of rotatable bonds is 5. The third kappa shape index (κ3) is 3.51. The van der Waals surface area contributed by atoms with Crippen molar-refractivity contribution in [2.75, 3.05) is 26.2 Å². The number of nitrogens with one attached hydrogen (secondary N) is 1. The monoisotopic (exact) mass is 348 g/mol. The zero-order valence-corrected chi connectivity index (χ0v) is 14.9. The number of fused-ring (bicyclic) bond motifs is 1. The number of H-pyrrole nitrogens is 1. The van der Waals surface area contributed by atoms with Gasteiger partial charge in [0.2, 0.25) is 0 Å². The number of likely N-dealkylation sites (tertiary alicyclic amines) is 1. The molecule has 4 heteroatoms. The molecule has 1 saturated heterocycles. The summed E-state index contributed by atoms with van der Waals surface area (Å²) >= 11 is 0. The lowest BCUT2D eigenvalue weighted by molar-refractivity contribution is 0.184. The Labute approximate surface area is 153 Å². The Bertz CT molecular complexity index is 928. The summed E-state index contributed by atoms with van der Waals surface area (Å²) in [7, 11) is 0. The van der Waals surface area contributed by atoms with Gasteiger partial charge in [-0.25, -0.2) is 0 Å². The second-order valence-corrected chi connectivity index (χ2v) is 6.82. The van der Waals surface area contributed by atoms with Crippen molar-refractivity contribution in [3.05, 3.63) is 65.0 Å². The predicted molar refractivity (Wildman–Crippen MR) is 106 cm³/mol. The van der Waals surface area contributed by atoms with E-state index in [1.807, 2.05) is 54.6 Å². The van der Waals surface area contributed by atoms with E-state index in [1.54, 1.807) is 0 Å². The molecular weight excluding hydrogens is 324 g/mol. The molecule has 0 aliphatic carbocycles. The first-order valence-corrected chi connectivity index (χ1v) is 9.38. The van der Waals surface area contributed by atoms with Crippen LogP contribution in [0.15, 0.2) is 59.4 Å². The molecule has 4 rings (SSSR count). The van der Waals surface area contributed by atoms with Gasteiger partial charge < -0.3 is 9.72 Å². The molecule has 1 aliphatic rings. The molecule has 134 valence electrons. The van der Waals surface area contributed by atoms with Gasteiger partial charge in [-0.1, -0.05) is 55.0 Å². The molecule has 0 unspecified atom stereocenters. The minimum Gasteiger partial charge on any atom is -0.489 e. The van der Waals surface area contributed by atoms with Crippen molar-refractivity contribution in [1.82, 2.24) is 9.88 Å². The minimum absolute atomic E-state index is 0.0807. The number of hydrogen-bond acceptors (Lipinski definition) is 3. The molecule has 1 fully saturated rings. The van der Waals surface area contributed by atoms with E-state index in [0.717, 1.165) is 42.0 Å². The van der Waals surface area contributed by atoms with E-state index in [0.29, 0.717) is 12.0 Å². The van der Waals surface area contributed by atoms with Crippen molar-refractivity contribution in [1.29, 1.82) is 0 Å². The Morgan fingerprint density at radius 2 is 1.58 bits per heavy atom. The second-order valence-electron chi connectivity index (χ2n) is 6.82. The quantitative estimate of drug-likeness (QED) is 0.756. The van der Waals surface area contributed by atoms with Gasteiger partial charge in [-0.15, -0.1) is 0 Å². The van der Waals surface area contributed by atoms with Crippen molar-refractivity contribution >= 4 is 10.8 Å². The van der Waals surface area contributed by atoms with Crippen LogP contribution < -0.4 is 10.3 Å². The predicted octanol–water partition coefficient (Wildman–Crippen LogP) is 4.06. The Balaban J connectivity index is 1.68. The molecule has 0 atom stereocenters. The Morgan fingerprint density at radius 1 is 0.885 bits per heavy atom. The number of ether oxygens (including phenoxy) is 1. The molecule has 0 radical (unpaired) electrons. The Morgan fingerprint density at radius 3 is 2.35 bits per heavy atom. The van der Waals surface area contributed by atoms with Crippen molar-refractivity contribution < 1.29 is 4.74 Å². The lowest BCUT2D eigenvalue weighted by atomic mass is 10.1. The normalized spacial score (nSPS) is 15.2. The highest BCUT2D eigenvalue weighted by Crippen LogP contribution is 2.33. The van der Waals surface area contributed by atoms with E-state index in [2.05, 4.69) is 9.88 Å². The summed E-state index contributed by atoms with van der Waals surface area (Å²) in [5.74, 6) is 0.767. The third-order valence-corrected chi connectivity index (χ3v) is 5.05. The van der Waals surface area contributed by atoms with Crippen LogP contribution in [0.4, 0.5) is 0 Å². The largest absolute Gasteiger partial charge is 0.489 e. The molecular formula is C22H24N2O2. The molecule has 2 heterocycles. The standard InChI is InChI=1S/C22H24N2O2/c25-22-19-12-6-5-11-18(19)21(20(23-22)17-9-3-1-4-10-17)26-16-15-24-13-7-2-8-14-24/h1,3-6,9-12H,2,7-8,13-16H2,(H,23,25). The lowest BCUT2D eigenvalue weighted by Crippen LogP contribution is -2.33. The molecule has 26 heavy (non-hydrogen) atoms. The SMILES string of the molecule is O=c1[nH]c(-c2ccccc2)c(OCCN2CCCCC2)c2ccccc12. The molecule has 1 aromatic heterocycles. The second kappa shape index (κ2) is 7.75. The fraction of sp³-hybridized carbons (Fsp3) is 0.318. The summed E-state index contributed by atoms with van der Waals surface area (Å²) in [4.78, 5) is 18.0. The maximum atomic E-state index is 12.5. The van der Waals surface area contributed by atoms with Crippen molar-refractivity contribution in [3.63, 3.8) is 0 Å². The lowest BCUT2D eigenvalue weighted by Gasteiger charge is -2.26. The number of aromatic amines is 1.